The number of aryl methyl sites for hydroxylation is 1. The highest BCUT2D eigenvalue weighted by Gasteiger charge is 2.23. The molecule has 0 N–H and O–H groups in total. The van der Waals surface area contributed by atoms with Crippen molar-refractivity contribution >= 4 is 54.9 Å². The summed E-state index contributed by atoms with van der Waals surface area (Å²) in [5, 5.41) is 1.36. The van der Waals surface area contributed by atoms with E-state index in [0.717, 1.165) is 32.6 Å². The van der Waals surface area contributed by atoms with Gasteiger partial charge in [0, 0.05) is 27.5 Å². The van der Waals surface area contributed by atoms with Gasteiger partial charge < -0.3 is 4.90 Å². The molecule has 0 saturated carbocycles. The first-order valence-corrected chi connectivity index (χ1v) is 11.5. The molecule has 0 fully saturated rings. The molecular weight excluding hydrogens is 466 g/mol. The van der Waals surface area contributed by atoms with Gasteiger partial charge in [-0.15, -0.1) is 11.3 Å². The Morgan fingerprint density at radius 1 is 1.03 bits per heavy atom. The number of nitrogens with zero attached hydrogens (tertiary/aromatic N) is 3. The maximum absolute atomic E-state index is 6.36. The first-order chi connectivity index (χ1) is 13.9. The maximum atomic E-state index is 6.36. The smallest absolute Gasteiger partial charge is 0.225 e. The van der Waals surface area contributed by atoms with Gasteiger partial charge in [-0.2, -0.15) is 4.98 Å². The van der Waals surface area contributed by atoms with Gasteiger partial charge >= 0.3 is 0 Å². The molecule has 0 aliphatic rings. The molecule has 4 aromatic rings. The molecule has 0 atom stereocenters. The molecule has 29 heavy (non-hydrogen) atoms. The standard InChI is InChI=1S/C23H21BrClN3S/c1-14(2)28(13-16-7-5-4-6-8-16)21-20-19(17-9-11-18(24)12-10-17)15(3)29-22(20)27-23(25)26-21/h4-12,14H,13H2,1-3H3. The lowest BCUT2D eigenvalue weighted by Gasteiger charge is -2.29. The zero-order valence-electron chi connectivity index (χ0n) is 16.5. The second kappa shape index (κ2) is 8.42. The lowest BCUT2D eigenvalue weighted by atomic mass is 10.0. The molecule has 2 heterocycles. The molecule has 2 aromatic carbocycles. The van der Waals surface area contributed by atoms with E-state index >= 15 is 0 Å². The highest BCUT2D eigenvalue weighted by atomic mass is 79.9. The molecule has 148 valence electrons. The average molecular weight is 487 g/mol. The number of hydrogen-bond acceptors (Lipinski definition) is 4. The quantitative estimate of drug-likeness (QED) is 0.273. The minimum Gasteiger partial charge on any atom is -0.349 e. The van der Waals surface area contributed by atoms with Crippen molar-refractivity contribution in [3.63, 3.8) is 0 Å². The molecule has 0 aliphatic heterocycles. The Morgan fingerprint density at radius 2 is 1.72 bits per heavy atom. The second-order valence-electron chi connectivity index (χ2n) is 7.24. The van der Waals surface area contributed by atoms with Crippen molar-refractivity contribution in [2.24, 2.45) is 0 Å². The van der Waals surface area contributed by atoms with Crippen LogP contribution in [0.1, 0.15) is 24.3 Å². The van der Waals surface area contributed by atoms with Gasteiger partial charge in [0.25, 0.3) is 0 Å². The van der Waals surface area contributed by atoms with E-state index in [4.69, 9.17) is 16.6 Å². The number of hydrogen-bond donors (Lipinski definition) is 0. The van der Waals surface area contributed by atoms with Crippen molar-refractivity contribution in [2.75, 3.05) is 4.90 Å². The normalized spacial score (nSPS) is 11.4. The van der Waals surface area contributed by atoms with Crippen molar-refractivity contribution in [2.45, 2.75) is 33.4 Å². The third-order valence-corrected chi connectivity index (χ3v) is 6.60. The number of rotatable bonds is 5. The van der Waals surface area contributed by atoms with Crippen molar-refractivity contribution < 1.29 is 0 Å². The van der Waals surface area contributed by atoms with Crippen LogP contribution in [0.3, 0.4) is 0 Å². The summed E-state index contributed by atoms with van der Waals surface area (Å²) in [5.41, 5.74) is 3.58. The van der Waals surface area contributed by atoms with Gasteiger partial charge in [-0.1, -0.05) is 58.4 Å². The number of anilines is 1. The Hall–Kier alpha value is -1.95. The number of aromatic nitrogens is 2. The summed E-state index contributed by atoms with van der Waals surface area (Å²) in [6.45, 7) is 7.26. The van der Waals surface area contributed by atoms with E-state index in [0.29, 0.717) is 0 Å². The molecule has 3 nitrogen and oxygen atoms in total. The Labute approximate surface area is 188 Å². The van der Waals surface area contributed by atoms with E-state index in [2.05, 4.69) is 95.1 Å². The lowest BCUT2D eigenvalue weighted by molar-refractivity contribution is 0.675. The second-order valence-corrected chi connectivity index (χ2v) is 9.70. The Balaban J connectivity index is 1.93. The van der Waals surface area contributed by atoms with Crippen LogP contribution in [0.5, 0.6) is 0 Å². The predicted molar refractivity (Wildman–Crippen MR) is 128 cm³/mol. The highest BCUT2D eigenvalue weighted by molar-refractivity contribution is 9.10. The van der Waals surface area contributed by atoms with Gasteiger partial charge in [0.2, 0.25) is 5.28 Å². The largest absolute Gasteiger partial charge is 0.349 e. The molecule has 0 bridgehead atoms. The predicted octanol–water partition coefficient (Wildman–Crippen LogP) is 7.50. The van der Waals surface area contributed by atoms with E-state index in [1.165, 1.54) is 16.0 Å². The van der Waals surface area contributed by atoms with Crippen LogP contribution in [0.2, 0.25) is 5.28 Å². The molecule has 0 amide bonds. The van der Waals surface area contributed by atoms with Crippen LogP contribution >= 0.6 is 38.9 Å². The Morgan fingerprint density at radius 3 is 2.38 bits per heavy atom. The highest BCUT2D eigenvalue weighted by Crippen LogP contribution is 2.43. The molecule has 0 spiro atoms. The molecule has 0 radical (unpaired) electrons. The molecule has 6 heteroatoms. The molecule has 4 rings (SSSR count). The fraction of sp³-hybridized carbons (Fsp3) is 0.217. The van der Waals surface area contributed by atoms with Crippen molar-refractivity contribution in [1.29, 1.82) is 0 Å². The number of halogens is 2. The van der Waals surface area contributed by atoms with Gasteiger partial charge in [-0.05, 0) is 55.6 Å². The molecule has 0 saturated heterocycles. The summed E-state index contributed by atoms with van der Waals surface area (Å²) >= 11 is 11.6. The summed E-state index contributed by atoms with van der Waals surface area (Å²) in [6, 6.07) is 19.1. The van der Waals surface area contributed by atoms with Crippen molar-refractivity contribution in [3.05, 3.63) is 74.8 Å². The lowest BCUT2D eigenvalue weighted by Crippen LogP contribution is -2.31. The van der Waals surface area contributed by atoms with Crippen molar-refractivity contribution in [3.8, 4) is 11.1 Å². The summed E-state index contributed by atoms with van der Waals surface area (Å²) < 4.78 is 1.06. The summed E-state index contributed by atoms with van der Waals surface area (Å²) in [4.78, 5) is 13.7. The number of fused-ring (bicyclic) bond motifs is 1. The first-order valence-electron chi connectivity index (χ1n) is 9.47. The first kappa shape index (κ1) is 20.3. The number of thiophene rings is 1. The van der Waals surface area contributed by atoms with Crippen LogP contribution in [0.25, 0.3) is 21.3 Å². The van der Waals surface area contributed by atoms with Crippen molar-refractivity contribution in [1.82, 2.24) is 9.97 Å². The topological polar surface area (TPSA) is 29.0 Å². The van der Waals surface area contributed by atoms with E-state index in [-0.39, 0.29) is 11.3 Å². The zero-order chi connectivity index (χ0) is 20.5. The van der Waals surface area contributed by atoms with E-state index < -0.39 is 0 Å². The summed E-state index contributed by atoms with van der Waals surface area (Å²) in [6.07, 6.45) is 0. The number of benzene rings is 2. The molecule has 2 aromatic heterocycles. The van der Waals surface area contributed by atoms with Gasteiger partial charge in [-0.25, -0.2) is 4.98 Å². The van der Waals surface area contributed by atoms with Crippen LogP contribution in [-0.2, 0) is 6.54 Å². The fourth-order valence-electron chi connectivity index (χ4n) is 3.52. The fourth-order valence-corrected chi connectivity index (χ4v) is 5.04. The van der Waals surface area contributed by atoms with E-state index in [1.807, 2.05) is 6.07 Å². The summed E-state index contributed by atoms with van der Waals surface area (Å²) in [7, 11) is 0. The van der Waals surface area contributed by atoms with Gasteiger partial charge in [-0.3, -0.25) is 0 Å². The van der Waals surface area contributed by atoms with Crippen LogP contribution in [0.4, 0.5) is 5.82 Å². The van der Waals surface area contributed by atoms with Gasteiger partial charge in [0.15, 0.2) is 0 Å². The van der Waals surface area contributed by atoms with Crippen LogP contribution in [-0.4, -0.2) is 16.0 Å². The summed E-state index contributed by atoms with van der Waals surface area (Å²) in [5.74, 6) is 0.890. The Kier molecular flexibility index (Phi) is 5.91. The van der Waals surface area contributed by atoms with E-state index in [9.17, 15) is 0 Å². The SMILES string of the molecule is Cc1sc2nc(Cl)nc(N(Cc3ccccc3)C(C)C)c2c1-c1ccc(Br)cc1. The minimum absolute atomic E-state index is 0.252. The third-order valence-electron chi connectivity index (χ3n) is 4.91. The van der Waals surface area contributed by atoms with Crippen LogP contribution in [0.15, 0.2) is 59.1 Å². The van der Waals surface area contributed by atoms with E-state index in [1.54, 1.807) is 11.3 Å². The molecule has 0 aliphatic carbocycles. The van der Waals surface area contributed by atoms with Crippen LogP contribution < -0.4 is 4.90 Å². The van der Waals surface area contributed by atoms with Gasteiger partial charge in [0.05, 0.1) is 5.39 Å². The minimum atomic E-state index is 0.252. The molecular formula is C23H21BrClN3S. The van der Waals surface area contributed by atoms with Crippen LogP contribution in [0, 0.1) is 6.92 Å². The monoisotopic (exact) mass is 485 g/mol. The maximum Gasteiger partial charge on any atom is 0.225 e. The zero-order valence-corrected chi connectivity index (χ0v) is 19.6. The third kappa shape index (κ3) is 4.18. The average Bonchev–Trinajstić information content (AvgIpc) is 3.02. The van der Waals surface area contributed by atoms with Gasteiger partial charge in [0.1, 0.15) is 10.6 Å². The Bertz CT molecular complexity index is 1140. The molecule has 0 unspecified atom stereocenters.